The fourth-order valence-corrected chi connectivity index (χ4v) is 7.20. The maximum atomic E-state index is 13.7. The average molecular weight is 468 g/mol. The van der Waals surface area contributed by atoms with E-state index in [-0.39, 0.29) is 9.80 Å². The van der Waals surface area contributed by atoms with E-state index in [4.69, 9.17) is 4.74 Å². The fourth-order valence-electron chi connectivity index (χ4n) is 3.92. The highest BCUT2D eigenvalue weighted by molar-refractivity contribution is 7.95. The van der Waals surface area contributed by atoms with Crippen LogP contribution in [0.2, 0.25) is 0 Å². The molecule has 3 aromatic carbocycles. The van der Waals surface area contributed by atoms with Gasteiger partial charge in [0.1, 0.15) is 16.7 Å². The molecule has 4 rings (SSSR count). The Bertz CT molecular complexity index is 1270. The number of methoxy groups -OCH3 is 1. The molecule has 1 aliphatic heterocycles. The van der Waals surface area contributed by atoms with Gasteiger partial charge in [-0.05, 0) is 61.4 Å². The molecule has 0 spiro atoms. The summed E-state index contributed by atoms with van der Waals surface area (Å²) in [5.41, 5.74) is 2.51. The highest BCUT2D eigenvalue weighted by atomic mass is 32.2. The molecule has 1 heterocycles. The predicted molar refractivity (Wildman–Crippen MR) is 126 cm³/mol. The first-order valence-electron chi connectivity index (χ1n) is 10.2. The van der Waals surface area contributed by atoms with Crippen LogP contribution in [0.25, 0.3) is 0 Å². The number of sulfone groups is 1. The Morgan fingerprint density at radius 1 is 0.906 bits per heavy atom. The van der Waals surface area contributed by atoms with Crippen LogP contribution in [-0.4, -0.2) is 30.6 Å². The highest BCUT2D eigenvalue weighted by Gasteiger charge is 2.42. The van der Waals surface area contributed by atoms with Crippen molar-refractivity contribution in [2.45, 2.75) is 29.7 Å². The topological polar surface area (TPSA) is 63.7 Å². The largest absolute Gasteiger partial charge is 0.497 e. The second-order valence-corrected chi connectivity index (χ2v) is 11.1. The molecule has 0 saturated heterocycles. The average Bonchev–Trinajstić information content (AvgIpc) is 3.17. The van der Waals surface area contributed by atoms with Gasteiger partial charge in [-0.3, -0.25) is 0 Å². The number of rotatable bonds is 6. The van der Waals surface area contributed by atoms with Gasteiger partial charge < -0.3 is 4.74 Å². The van der Waals surface area contributed by atoms with Crippen molar-refractivity contribution in [3.63, 3.8) is 0 Å². The zero-order chi connectivity index (χ0) is 22.9. The van der Waals surface area contributed by atoms with E-state index >= 15 is 0 Å². The first-order valence-corrected chi connectivity index (χ1v) is 12.8. The number of nitrogens with zero attached hydrogens (tertiary/aromatic N) is 1. The van der Waals surface area contributed by atoms with Crippen molar-refractivity contribution in [2.75, 3.05) is 13.7 Å². The predicted octanol–water partition coefficient (Wildman–Crippen LogP) is 4.83. The number of benzene rings is 3. The molecule has 3 aromatic rings. The lowest BCUT2D eigenvalue weighted by molar-refractivity contribution is 0.413. The lowest BCUT2D eigenvalue weighted by Crippen LogP contribution is -2.29. The maximum Gasteiger partial charge on any atom is 0.204 e. The second kappa shape index (κ2) is 9.02. The summed E-state index contributed by atoms with van der Waals surface area (Å²) in [6.07, 6.45) is 0. The van der Waals surface area contributed by atoms with E-state index in [0.717, 1.165) is 11.1 Å². The molecular weight excluding hydrogens is 442 g/mol. The summed E-state index contributed by atoms with van der Waals surface area (Å²) >= 11 is 0. The van der Waals surface area contributed by atoms with Gasteiger partial charge >= 0.3 is 0 Å². The Morgan fingerprint density at radius 3 is 2.12 bits per heavy atom. The van der Waals surface area contributed by atoms with E-state index in [0.29, 0.717) is 22.8 Å². The first-order chi connectivity index (χ1) is 15.3. The monoisotopic (exact) mass is 467 g/mol. The molecule has 7 heteroatoms. The summed E-state index contributed by atoms with van der Waals surface area (Å²) in [7, 11) is -3.74. The SMILES string of the molecule is COc1ccc([C@@H]2C(S(=O)(=O)c3ccccc3)=C(C)CN2S(=O)c2ccc(C)cc2)cc1. The molecule has 32 heavy (non-hydrogen) atoms. The fraction of sp³-hybridized carbons (Fsp3) is 0.200. The smallest absolute Gasteiger partial charge is 0.204 e. The van der Waals surface area contributed by atoms with Crippen LogP contribution in [0.5, 0.6) is 5.75 Å². The molecule has 0 fully saturated rings. The van der Waals surface area contributed by atoms with Crippen LogP contribution in [0.3, 0.4) is 0 Å². The van der Waals surface area contributed by atoms with E-state index in [2.05, 4.69) is 0 Å². The molecule has 0 saturated carbocycles. The van der Waals surface area contributed by atoms with Crippen molar-refractivity contribution >= 4 is 20.8 Å². The Morgan fingerprint density at radius 2 is 1.53 bits per heavy atom. The Balaban J connectivity index is 1.83. The summed E-state index contributed by atoms with van der Waals surface area (Å²) in [5, 5.41) is 0. The van der Waals surface area contributed by atoms with Gasteiger partial charge in [0.15, 0.2) is 0 Å². The highest BCUT2D eigenvalue weighted by Crippen LogP contribution is 2.44. The molecule has 0 N–H and O–H groups in total. The number of ether oxygens (including phenoxy) is 1. The molecule has 166 valence electrons. The Hall–Kier alpha value is -2.74. The summed E-state index contributed by atoms with van der Waals surface area (Å²) in [6, 6.07) is 22.5. The Kier molecular flexibility index (Phi) is 6.33. The number of hydrogen-bond acceptors (Lipinski definition) is 4. The minimum Gasteiger partial charge on any atom is -0.497 e. The normalized spacial score (nSPS) is 18.0. The van der Waals surface area contributed by atoms with Crippen molar-refractivity contribution < 1.29 is 17.4 Å². The van der Waals surface area contributed by atoms with E-state index in [1.165, 1.54) is 0 Å². The quantitative estimate of drug-likeness (QED) is 0.521. The third-order valence-corrected chi connectivity index (χ3v) is 9.04. The standard InChI is InChI=1S/C25H25NO4S2/c1-18-9-15-22(16-10-18)31(27)26-17-19(2)25(32(28,29)23-7-5-4-6-8-23)24(26)20-11-13-21(30-3)14-12-20/h4-16,24H,17H2,1-3H3/t24-,31?/m1/s1. The third kappa shape index (κ3) is 4.16. The molecular formula is C25H25NO4S2. The van der Waals surface area contributed by atoms with Gasteiger partial charge in [0.25, 0.3) is 0 Å². The van der Waals surface area contributed by atoms with Crippen LogP contribution in [0.15, 0.2) is 99.1 Å². The van der Waals surface area contributed by atoms with Crippen LogP contribution in [0.1, 0.15) is 24.1 Å². The summed E-state index contributed by atoms with van der Waals surface area (Å²) in [6.45, 7) is 4.07. The zero-order valence-corrected chi connectivity index (χ0v) is 19.8. The van der Waals surface area contributed by atoms with Gasteiger partial charge in [-0.25, -0.2) is 16.9 Å². The van der Waals surface area contributed by atoms with Gasteiger partial charge in [0.05, 0.1) is 27.8 Å². The van der Waals surface area contributed by atoms with Gasteiger partial charge in [-0.15, -0.1) is 0 Å². The van der Waals surface area contributed by atoms with Gasteiger partial charge in [-0.1, -0.05) is 48.0 Å². The summed E-state index contributed by atoms with van der Waals surface area (Å²) in [5.74, 6) is 0.672. The molecule has 1 unspecified atom stereocenters. The second-order valence-electron chi connectivity index (χ2n) is 7.77. The Labute approximate surface area is 191 Å². The molecule has 0 aromatic heterocycles. The van der Waals surface area contributed by atoms with Crippen LogP contribution in [0, 0.1) is 6.92 Å². The molecule has 0 amide bonds. The minimum atomic E-state index is -3.78. The molecule has 0 bridgehead atoms. The van der Waals surface area contributed by atoms with E-state index < -0.39 is 26.9 Å². The van der Waals surface area contributed by atoms with Gasteiger partial charge in [0, 0.05) is 6.54 Å². The van der Waals surface area contributed by atoms with Crippen molar-refractivity contribution in [3.05, 3.63) is 100 Å². The first kappa shape index (κ1) is 22.5. The van der Waals surface area contributed by atoms with Crippen molar-refractivity contribution in [1.29, 1.82) is 0 Å². The van der Waals surface area contributed by atoms with Gasteiger partial charge in [0.2, 0.25) is 9.84 Å². The maximum absolute atomic E-state index is 13.7. The number of hydrogen-bond donors (Lipinski definition) is 0. The number of aryl methyl sites for hydroxylation is 1. The lowest BCUT2D eigenvalue weighted by Gasteiger charge is -2.26. The van der Waals surface area contributed by atoms with Crippen LogP contribution < -0.4 is 4.74 Å². The van der Waals surface area contributed by atoms with Crippen molar-refractivity contribution in [2.24, 2.45) is 0 Å². The van der Waals surface area contributed by atoms with Crippen LogP contribution >= 0.6 is 0 Å². The summed E-state index contributed by atoms with van der Waals surface area (Å²) in [4.78, 5) is 1.16. The zero-order valence-electron chi connectivity index (χ0n) is 18.2. The minimum absolute atomic E-state index is 0.232. The summed E-state index contributed by atoms with van der Waals surface area (Å²) < 4.78 is 48.0. The molecule has 1 aliphatic rings. The lowest BCUT2D eigenvalue weighted by atomic mass is 10.1. The third-order valence-electron chi connectivity index (χ3n) is 5.56. The van der Waals surface area contributed by atoms with Crippen molar-refractivity contribution in [1.82, 2.24) is 4.31 Å². The molecule has 0 aliphatic carbocycles. The van der Waals surface area contributed by atoms with Crippen molar-refractivity contribution in [3.8, 4) is 5.75 Å². The van der Waals surface area contributed by atoms with E-state index in [1.54, 1.807) is 60.8 Å². The van der Waals surface area contributed by atoms with Crippen LogP contribution in [0.4, 0.5) is 0 Å². The van der Waals surface area contributed by atoms with E-state index in [9.17, 15) is 12.6 Å². The van der Waals surface area contributed by atoms with E-state index in [1.807, 2.05) is 43.3 Å². The van der Waals surface area contributed by atoms with Crippen LogP contribution in [-0.2, 0) is 20.8 Å². The van der Waals surface area contributed by atoms with Gasteiger partial charge in [-0.2, -0.15) is 0 Å². The molecule has 0 radical (unpaired) electrons. The molecule has 5 nitrogen and oxygen atoms in total. The molecule has 2 atom stereocenters.